The number of benzene rings is 1. The van der Waals surface area contributed by atoms with Crippen LogP contribution in [0.5, 0.6) is 0 Å². The predicted molar refractivity (Wildman–Crippen MR) is 63.2 cm³/mol. The van der Waals surface area contributed by atoms with Gasteiger partial charge in [-0.15, -0.1) is 12.4 Å². The number of halogens is 2. The van der Waals surface area contributed by atoms with Crippen molar-refractivity contribution in [2.75, 3.05) is 6.61 Å². The average molecular weight is 293 g/mol. The first kappa shape index (κ1) is 12.3. The van der Waals surface area contributed by atoms with E-state index in [4.69, 9.17) is 4.74 Å². The maximum atomic E-state index is 11.0. The summed E-state index contributed by atoms with van der Waals surface area (Å²) in [4.78, 5) is 11.0. The molecular formula is C10H11BrClNO2. The molecule has 0 radical (unpaired) electrons. The molecule has 1 fully saturated rings. The third-order valence-corrected chi connectivity index (χ3v) is 2.93. The molecule has 1 saturated heterocycles. The van der Waals surface area contributed by atoms with Gasteiger partial charge in [0, 0.05) is 10.9 Å². The fourth-order valence-electron chi connectivity index (χ4n) is 1.52. The summed E-state index contributed by atoms with van der Waals surface area (Å²) in [7, 11) is 0. The molecule has 1 N–H and O–H groups in total. The third-order valence-electron chi connectivity index (χ3n) is 2.21. The highest BCUT2D eigenvalue weighted by atomic mass is 79.9. The van der Waals surface area contributed by atoms with Crippen LogP contribution in [0.15, 0.2) is 28.7 Å². The van der Waals surface area contributed by atoms with Gasteiger partial charge in [-0.05, 0) is 11.6 Å². The van der Waals surface area contributed by atoms with Crippen LogP contribution >= 0.6 is 28.3 Å². The fourth-order valence-corrected chi connectivity index (χ4v) is 2.08. The summed E-state index contributed by atoms with van der Waals surface area (Å²) in [6, 6.07) is 7.94. The molecular weight excluding hydrogens is 281 g/mol. The van der Waals surface area contributed by atoms with Crippen molar-refractivity contribution in [2.24, 2.45) is 0 Å². The lowest BCUT2D eigenvalue weighted by molar-refractivity contribution is 0.115. The van der Waals surface area contributed by atoms with E-state index in [9.17, 15) is 4.79 Å². The number of ether oxygens (including phenoxy) is 1. The van der Waals surface area contributed by atoms with Crippen LogP contribution in [-0.2, 0) is 4.74 Å². The Hall–Kier alpha value is -0.740. The first-order chi connectivity index (χ1) is 6.77. The Morgan fingerprint density at radius 3 is 2.80 bits per heavy atom. The number of cyclic esters (lactones) is 1. The van der Waals surface area contributed by atoms with Crippen molar-refractivity contribution in [1.82, 2.24) is 5.32 Å². The maximum absolute atomic E-state index is 11.0. The molecule has 1 aliphatic heterocycles. The molecule has 15 heavy (non-hydrogen) atoms. The number of nitrogens with one attached hydrogen (secondary N) is 1. The van der Waals surface area contributed by atoms with Crippen LogP contribution in [-0.4, -0.2) is 12.7 Å². The molecule has 2 rings (SSSR count). The van der Waals surface area contributed by atoms with Crippen LogP contribution in [0.4, 0.5) is 4.79 Å². The largest absolute Gasteiger partial charge is 0.449 e. The molecule has 1 aromatic carbocycles. The van der Waals surface area contributed by atoms with Crippen LogP contribution in [0.25, 0.3) is 0 Å². The Morgan fingerprint density at radius 1 is 1.40 bits per heavy atom. The standard InChI is InChI=1S/C10H10BrNO2.ClH/c11-8-4-2-1-3-7(8)9-5-6-14-10(13)12-9;/h1-4,9H,5-6H2,(H,12,13);1H/t9-;/m1./s1. The monoisotopic (exact) mass is 291 g/mol. The van der Waals surface area contributed by atoms with E-state index in [1.807, 2.05) is 24.3 Å². The van der Waals surface area contributed by atoms with E-state index in [0.717, 1.165) is 16.5 Å². The number of rotatable bonds is 1. The molecule has 0 aromatic heterocycles. The molecule has 1 aromatic rings. The van der Waals surface area contributed by atoms with Gasteiger partial charge >= 0.3 is 6.09 Å². The number of amides is 1. The minimum Gasteiger partial charge on any atom is -0.449 e. The van der Waals surface area contributed by atoms with Gasteiger partial charge in [-0.2, -0.15) is 0 Å². The van der Waals surface area contributed by atoms with Crippen molar-refractivity contribution in [2.45, 2.75) is 12.5 Å². The van der Waals surface area contributed by atoms with Gasteiger partial charge in [0.2, 0.25) is 0 Å². The highest BCUT2D eigenvalue weighted by molar-refractivity contribution is 9.10. The SMILES string of the molecule is Cl.O=C1N[C@@H](c2ccccc2Br)CCO1. The molecule has 0 spiro atoms. The Kier molecular flexibility index (Phi) is 4.42. The summed E-state index contributed by atoms with van der Waals surface area (Å²) in [6.45, 7) is 0.484. The van der Waals surface area contributed by atoms with Gasteiger partial charge in [-0.25, -0.2) is 4.79 Å². The van der Waals surface area contributed by atoms with E-state index in [1.54, 1.807) is 0 Å². The summed E-state index contributed by atoms with van der Waals surface area (Å²) in [5.74, 6) is 0. The van der Waals surface area contributed by atoms with Crippen molar-refractivity contribution >= 4 is 34.4 Å². The van der Waals surface area contributed by atoms with Crippen LogP contribution in [0.3, 0.4) is 0 Å². The molecule has 0 saturated carbocycles. The van der Waals surface area contributed by atoms with Gasteiger partial charge in [0.1, 0.15) is 0 Å². The zero-order chi connectivity index (χ0) is 9.97. The zero-order valence-corrected chi connectivity index (χ0v) is 10.3. The maximum Gasteiger partial charge on any atom is 0.407 e. The minimum atomic E-state index is -0.336. The van der Waals surface area contributed by atoms with Crippen LogP contribution in [0.1, 0.15) is 18.0 Å². The van der Waals surface area contributed by atoms with E-state index in [1.165, 1.54) is 0 Å². The normalized spacial score (nSPS) is 19.8. The fraction of sp³-hybridized carbons (Fsp3) is 0.300. The zero-order valence-electron chi connectivity index (χ0n) is 7.90. The molecule has 1 atom stereocenters. The Labute approximate surface area is 103 Å². The number of hydrogen-bond acceptors (Lipinski definition) is 2. The Bertz CT molecular complexity index is 359. The summed E-state index contributed by atoms with van der Waals surface area (Å²) < 4.78 is 5.82. The van der Waals surface area contributed by atoms with E-state index in [-0.39, 0.29) is 24.5 Å². The van der Waals surface area contributed by atoms with Gasteiger partial charge in [0.05, 0.1) is 12.6 Å². The molecule has 1 heterocycles. The molecule has 1 amide bonds. The first-order valence-corrected chi connectivity index (χ1v) is 5.24. The van der Waals surface area contributed by atoms with Crippen molar-refractivity contribution in [3.63, 3.8) is 0 Å². The molecule has 1 aliphatic rings. The molecule has 82 valence electrons. The summed E-state index contributed by atoms with van der Waals surface area (Å²) in [5, 5.41) is 2.78. The van der Waals surface area contributed by atoms with Gasteiger partial charge in [-0.3, -0.25) is 0 Å². The lowest BCUT2D eigenvalue weighted by atomic mass is 10.0. The first-order valence-electron chi connectivity index (χ1n) is 4.45. The third kappa shape index (κ3) is 2.86. The molecule has 5 heteroatoms. The highest BCUT2D eigenvalue weighted by Crippen LogP contribution is 2.26. The number of hydrogen-bond donors (Lipinski definition) is 1. The Morgan fingerprint density at radius 2 is 2.13 bits per heavy atom. The number of alkyl carbamates (subject to hydrolysis) is 1. The van der Waals surface area contributed by atoms with Gasteiger partial charge < -0.3 is 10.1 Å². The lowest BCUT2D eigenvalue weighted by Crippen LogP contribution is -2.35. The highest BCUT2D eigenvalue weighted by Gasteiger charge is 2.21. The topological polar surface area (TPSA) is 38.3 Å². The lowest BCUT2D eigenvalue weighted by Gasteiger charge is -2.24. The number of carbonyl (C=O) groups excluding carboxylic acids is 1. The van der Waals surface area contributed by atoms with Crippen LogP contribution in [0, 0.1) is 0 Å². The van der Waals surface area contributed by atoms with Gasteiger partial charge in [-0.1, -0.05) is 34.1 Å². The molecule has 0 aliphatic carbocycles. The van der Waals surface area contributed by atoms with E-state index < -0.39 is 0 Å². The van der Waals surface area contributed by atoms with E-state index >= 15 is 0 Å². The van der Waals surface area contributed by atoms with Crippen molar-refractivity contribution < 1.29 is 9.53 Å². The quantitative estimate of drug-likeness (QED) is 0.864. The van der Waals surface area contributed by atoms with Gasteiger partial charge in [0.25, 0.3) is 0 Å². The second kappa shape index (κ2) is 5.37. The number of carbonyl (C=O) groups is 1. The van der Waals surface area contributed by atoms with Gasteiger partial charge in [0.15, 0.2) is 0 Å². The second-order valence-electron chi connectivity index (χ2n) is 3.14. The van der Waals surface area contributed by atoms with Crippen molar-refractivity contribution in [3.8, 4) is 0 Å². The summed E-state index contributed by atoms with van der Waals surface area (Å²) in [5.41, 5.74) is 1.10. The predicted octanol–water partition coefficient (Wildman–Crippen LogP) is 3.04. The minimum absolute atomic E-state index is 0. The smallest absolute Gasteiger partial charge is 0.407 e. The van der Waals surface area contributed by atoms with Crippen LogP contribution in [0.2, 0.25) is 0 Å². The molecule has 0 bridgehead atoms. The van der Waals surface area contributed by atoms with Crippen LogP contribution < -0.4 is 5.32 Å². The van der Waals surface area contributed by atoms with Crippen molar-refractivity contribution in [1.29, 1.82) is 0 Å². The van der Waals surface area contributed by atoms with E-state index in [0.29, 0.717) is 6.61 Å². The van der Waals surface area contributed by atoms with Crippen molar-refractivity contribution in [3.05, 3.63) is 34.3 Å². The second-order valence-corrected chi connectivity index (χ2v) is 4.00. The molecule has 0 unspecified atom stereocenters. The average Bonchev–Trinajstić information content (AvgIpc) is 2.18. The summed E-state index contributed by atoms with van der Waals surface area (Å²) >= 11 is 3.46. The van der Waals surface area contributed by atoms with E-state index in [2.05, 4.69) is 21.2 Å². The summed E-state index contributed by atoms with van der Waals surface area (Å²) in [6.07, 6.45) is 0.478. The Balaban J connectivity index is 0.00000112. The molecule has 3 nitrogen and oxygen atoms in total.